The molecule has 0 spiro atoms. The summed E-state index contributed by atoms with van der Waals surface area (Å²) in [5.74, 6) is -2.94. The number of unbranched alkanes of at least 4 members (excludes halogenated alkanes) is 20. The molecule has 1 rings (SSSR count). The van der Waals surface area contributed by atoms with Crippen molar-refractivity contribution in [1.29, 1.82) is 0 Å². The highest BCUT2D eigenvalue weighted by molar-refractivity contribution is 6.10. The van der Waals surface area contributed by atoms with Crippen molar-refractivity contribution >= 4 is 23.9 Å². The Kier molecular flexibility index (Phi) is 27.9. The van der Waals surface area contributed by atoms with Crippen LogP contribution in [0.4, 0.5) is 0 Å². The maximum atomic E-state index is 13.4. The van der Waals surface area contributed by atoms with Gasteiger partial charge in [-0.1, -0.05) is 156 Å². The Morgan fingerprint density at radius 2 is 0.500 bits per heavy atom. The van der Waals surface area contributed by atoms with E-state index in [4.69, 9.17) is 18.9 Å². The Morgan fingerprint density at radius 1 is 0.320 bits per heavy atom. The van der Waals surface area contributed by atoms with Crippen molar-refractivity contribution < 1.29 is 38.1 Å². The molecule has 0 unspecified atom stereocenters. The monoisotopic (exact) mass is 703 g/mol. The summed E-state index contributed by atoms with van der Waals surface area (Å²) in [6.07, 6.45) is 24.6. The Labute approximate surface area is 304 Å². The van der Waals surface area contributed by atoms with Crippen LogP contribution in [0, 0.1) is 0 Å². The minimum atomic E-state index is -0.734. The van der Waals surface area contributed by atoms with Crippen molar-refractivity contribution in [2.75, 3.05) is 26.4 Å². The molecule has 0 aliphatic rings. The number of rotatable bonds is 32. The second-order valence-electron chi connectivity index (χ2n) is 13.6. The molecule has 8 heteroatoms. The van der Waals surface area contributed by atoms with E-state index in [0.29, 0.717) is 25.7 Å². The van der Waals surface area contributed by atoms with Gasteiger partial charge in [0.1, 0.15) is 0 Å². The second kappa shape index (κ2) is 30.9. The van der Waals surface area contributed by atoms with Crippen LogP contribution in [0.25, 0.3) is 0 Å². The quantitative estimate of drug-likeness (QED) is 0.0415. The van der Waals surface area contributed by atoms with Gasteiger partial charge in [0.25, 0.3) is 0 Å². The van der Waals surface area contributed by atoms with Gasteiger partial charge in [0, 0.05) is 0 Å². The van der Waals surface area contributed by atoms with E-state index in [0.717, 1.165) is 103 Å². The van der Waals surface area contributed by atoms with Gasteiger partial charge in [-0.05, 0) is 37.8 Å². The van der Waals surface area contributed by atoms with Crippen LogP contribution >= 0.6 is 0 Å². The Morgan fingerprint density at radius 3 is 0.700 bits per heavy atom. The van der Waals surface area contributed by atoms with Crippen LogP contribution in [0.5, 0.6) is 0 Å². The predicted molar refractivity (Wildman–Crippen MR) is 201 cm³/mol. The van der Waals surface area contributed by atoms with Gasteiger partial charge in [0.15, 0.2) is 0 Å². The van der Waals surface area contributed by atoms with Crippen molar-refractivity contribution in [3.8, 4) is 0 Å². The first-order valence-electron chi connectivity index (χ1n) is 20.3. The van der Waals surface area contributed by atoms with Gasteiger partial charge in [-0.2, -0.15) is 0 Å². The number of benzene rings is 1. The fourth-order valence-electron chi connectivity index (χ4n) is 5.78. The fourth-order valence-corrected chi connectivity index (χ4v) is 5.78. The van der Waals surface area contributed by atoms with E-state index < -0.39 is 23.9 Å². The molecule has 0 fully saturated rings. The maximum Gasteiger partial charge on any atom is 0.339 e. The topological polar surface area (TPSA) is 105 Å². The molecular weight excluding hydrogens is 632 g/mol. The van der Waals surface area contributed by atoms with Gasteiger partial charge in [-0.15, -0.1) is 0 Å². The molecule has 0 aliphatic heterocycles. The van der Waals surface area contributed by atoms with E-state index in [9.17, 15) is 19.2 Å². The highest BCUT2D eigenvalue weighted by Crippen LogP contribution is 2.23. The smallest absolute Gasteiger partial charge is 0.339 e. The third kappa shape index (κ3) is 20.7. The Balaban J connectivity index is 3.22. The van der Waals surface area contributed by atoms with Crippen molar-refractivity contribution in [2.45, 2.75) is 182 Å². The number of carbonyl (C=O) groups excluding carboxylic acids is 4. The third-order valence-electron chi connectivity index (χ3n) is 8.96. The molecule has 0 heterocycles. The first-order valence-corrected chi connectivity index (χ1v) is 20.3. The molecule has 50 heavy (non-hydrogen) atoms. The van der Waals surface area contributed by atoms with Gasteiger partial charge < -0.3 is 18.9 Å². The zero-order chi connectivity index (χ0) is 36.7. The van der Waals surface area contributed by atoms with Crippen molar-refractivity contribution in [1.82, 2.24) is 0 Å². The molecule has 0 aromatic heterocycles. The average Bonchev–Trinajstić information content (AvgIpc) is 3.12. The molecule has 1 aromatic rings. The fraction of sp³-hybridized carbons (Fsp3) is 0.762. The summed E-state index contributed by atoms with van der Waals surface area (Å²) in [7, 11) is 0. The summed E-state index contributed by atoms with van der Waals surface area (Å²) in [6, 6.07) is 2.52. The van der Waals surface area contributed by atoms with Crippen molar-refractivity contribution in [3.05, 3.63) is 34.4 Å². The average molecular weight is 703 g/mol. The zero-order valence-corrected chi connectivity index (χ0v) is 32.2. The molecule has 0 atom stereocenters. The number of ether oxygens (including phenoxy) is 4. The summed E-state index contributed by atoms with van der Waals surface area (Å²) < 4.78 is 22.4. The molecular formula is C42H70O8. The first kappa shape index (κ1) is 45.1. The highest BCUT2D eigenvalue weighted by Gasteiger charge is 2.29. The zero-order valence-electron chi connectivity index (χ0n) is 32.2. The second-order valence-corrected chi connectivity index (χ2v) is 13.6. The maximum absolute atomic E-state index is 13.4. The lowest BCUT2D eigenvalue weighted by Crippen LogP contribution is -2.21. The largest absolute Gasteiger partial charge is 0.462 e. The van der Waals surface area contributed by atoms with Gasteiger partial charge in [-0.25, -0.2) is 19.2 Å². The van der Waals surface area contributed by atoms with Crippen LogP contribution in [-0.4, -0.2) is 50.3 Å². The highest BCUT2D eigenvalue weighted by atomic mass is 16.5. The lowest BCUT2D eigenvalue weighted by Gasteiger charge is -2.15. The normalized spacial score (nSPS) is 11.0. The predicted octanol–water partition coefficient (Wildman–Crippen LogP) is 11.8. The van der Waals surface area contributed by atoms with E-state index in [-0.39, 0.29) is 48.7 Å². The molecule has 0 N–H and O–H groups in total. The van der Waals surface area contributed by atoms with Crippen LogP contribution < -0.4 is 0 Å². The van der Waals surface area contributed by atoms with Gasteiger partial charge in [0.2, 0.25) is 0 Å². The minimum Gasteiger partial charge on any atom is -0.462 e. The van der Waals surface area contributed by atoms with E-state index in [2.05, 4.69) is 27.7 Å². The van der Waals surface area contributed by atoms with Crippen molar-refractivity contribution in [3.63, 3.8) is 0 Å². The SMILES string of the molecule is CCCCCCCCOC(=O)c1cc(C(=O)OCCCCCCCC)c(C(=O)OCCCCCCCC)cc1C(=O)OCCCCCCCC. The molecule has 1 aromatic carbocycles. The minimum absolute atomic E-state index is 0.108. The van der Waals surface area contributed by atoms with Crippen LogP contribution in [0.2, 0.25) is 0 Å². The van der Waals surface area contributed by atoms with Gasteiger partial charge in [0.05, 0.1) is 48.7 Å². The van der Waals surface area contributed by atoms with E-state index in [1.54, 1.807) is 0 Å². The molecule has 0 aliphatic carbocycles. The Bertz CT molecular complexity index is 904. The van der Waals surface area contributed by atoms with Crippen LogP contribution in [0.1, 0.15) is 223 Å². The summed E-state index contributed by atoms with van der Waals surface area (Å²) >= 11 is 0. The van der Waals surface area contributed by atoms with Crippen molar-refractivity contribution in [2.24, 2.45) is 0 Å². The molecule has 0 saturated heterocycles. The Hall–Kier alpha value is -2.90. The van der Waals surface area contributed by atoms with Crippen LogP contribution in [-0.2, 0) is 18.9 Å². The lowest BCUT2D eigenvalue weighted by atomic mass is 9.97. The number of esters is 4. The molecule has 0 saturated carbocycles. The molecule has 286 valence electrons. The third-order valence-corrected chi connectivity index (χ3v) is 8.96. The molecule has 0 bridgehead atoms. The number of hydrogen-bond acceptors (Lipinski definition) is 8. The van der Waals surface area contributed by atoms with E-state index in [1.165, 1.54) is 37.8 Å². The summed E-state index contributed by atoms with van der Waals surface area (Å²) in [6.45, 7) is 9.42. The number of hydrogen-bond donors (Lipinski definition) is 0. The molecule has 8 nitrogen and oxygen atoms in total. The molecule has 0 radical (unpaired) electrons. The summed E-state index contributed by atoms with van der Waals surface area (Å²) in [5.41, 5.74) is -0.434. The standard InChI is InChI=1S/C42H70O8/c1-5-9-13-17-21-25-29-47-39(43)35-33-37(41(45)49-31-27-23-19-15-11-7-3)38(42(46)50-32-28-24-20-16-12-8-4)34-36(35)40(44)48-30-26-22-18-14-10-6-2/h33-34H,5-32H2,1-4H3. The summed E-state index contributed by atoms with van der Waals surface area (Å²) in [4.78, 5) is 53.8. The van der Waals surface area contributed by atoms with Gasteiger partial charge >= 0.3 is 23.9 Å². The van der Waals surface area contributed by atoms with Gasteiger partial charge in [-0.3, -0.25) is 0 Å². The van der Waals surface area contributed by atoms with E-state index in [1.807, 2.05) is 0 Å². The first-order chi connectivity index (χ1) is 24.4. The van der Waals surface area contributed by atoms with Crippen LogP contribution in [0.3, 0.4) is 0 Å². The van der Waals surface area contributed by atoms with E-state index >= 15 is 0 Å². The van der Waals surface area contributed by atoms with Crippen LogP contribution in [0.15, 0.2) is 12.1 Å². The summed E-state index contributed by atoms with van der Waals surface area (Å²) in [5, 5.41) is 0. The lowest BCUT2D eigenvalue weighted by molar-refractivity contribution is 0.0434. The molecule has 0 amide bonds. The number of carbonyl (C=O) groups is 4.